The molecule has 0 bridgehead atoms. The van der Waals surface area contributed by atoms with E-state index in [1.54, 1.807) is 16.7 Å². The van der Waals surface area contributed by atoms with Crippen LogP contribution in [-0.4, -0.2) is 29.0 Å². The summed E-state index contributed by atoms with van der Waals surface area (Å²) < 4.78 is 0.957. The van der Waals surface area contributed by atoms with Crippen LogP contribution in [0.4, 0.5) is 17.6 Å². The van der Waals surface area contributed by atoms with Crippen molar-refractivity contribution < 1.29 is 0 Å². The largest absolute Gasteiger partial charge is 0.398 e. The van der Waals surface area contributed by atoms with Crippen molar-refractivity contribution in [3.05, 3.63) is 28.5 Å². The van der Waals surface area contributed by atoms with Crippen LogP contribution in [-0.2, 0) is 5.75 Å². The van der Waals surface area contributed by atoms with E-state index in [9.17, 15) is 0 Å². The van der Waals surface area contributed by atoms with Crippen molar-refractivity contribution in [1.29, 1.82) is 0 Å². The molecule has 0 spiro atoms. The van der Waals surface area contributed by atoms with Gasteiger partial charge >= 0.3 is 0 Å². The van der Waals surface area contributed by atoms with Crippen molar-refractivity contribution in [2.75, 3.05) is 30.5 Å². The molecule has 0 aliphatic rings. The second-order valence-corrected chi connectivity index (χ2v) is 6.21. The number of nitrogens with two attached hydrogens (primary N) is 2. The van der Waals surface area contributed by atoms with E-state index in [-0.39, 0.29) is 5.95 Å². The van der Waals surface area contributed by atoms with Gasteiger partial charge in [0.2, 0.25) is 11.9 Å². The topological polar surface area (TPSA) is 94.0 Å². The second-order valence-electron chi connectivity index (χ2n) is 4.28. The molecule has 0 aliphatic carbocycles. The first-order valence-corrected chi connectivity index (χ1v) is 7.59. The molecule has 0 unspecified atom stereocenters. The maximum atomic E-state index is 5.96. The van der Waals surface area contributed by atoms with Gasteiger partial charge in [-0.1, -0.05) is 15.9 Å². The summed E-state index contributed by atoms with van der Waals surface area (Å²) in [7, 11) is 3.72. The summed E-state index contributed by atoms with van der Waals surface area (Å²) in [5.74, 6) is 1.99. The van der Waals surface area contributed by atoms with Crippen molar-refractivity contribution in [2.45, 2.75) is 10.6 Å². The number of aromatic nitrogens is 3. The van der Waals surface area contributed by atoms with Crippen molar-refractivity contribution in [1.82, 2.24) is 15.0 Å². The molecule has 0 fully saturated rings. The Morgan fingerprint density at radius 3 is 2.60 bits per heavy atom. The minimum Gasteiger partial charge on any atom is -0.398 e. The van der Waals surface area contributed by atoms with E-state index in [2.05, 4.69) is 30.9 Å². The van der Waals surface area contributed by atoms with Gasteiger partial charge in [-0.3, -0.25) is 0 Å². The molecule has 0 atom stereocenters. The standard InChI is InChI=1S/C12H15BrN6S/c1-19(2)12-17-10(16-11(15)18-12)6-20-9-4-3-7(13)5-8(9)14/h3-5H,6,14H2,1-2H3,(H2,15,16,17,18). The van der Waals surface area contributed by atoms with Gasteiger partial charge in [0.15, 0.2) is 0 Å². The van der Waals surface area contributed by atoms with Crippen LogP contribution in [0.2, 0.25) is 0 Å². The van der Waals surface area contributed by atoms with Gasteiger partial charge in [-0.15, -0.1) is 11.8 Å². The average molecular weight is 355 g/mol. The predicted molar refractivity (Wildman–Crippen MR) is 86.7 cm³/mol. The van der Waals surface area contributed by atoms with Crippen LogP contribution in [0.3, 0.4) is 0 Å². The highest BCUT2D eigenvalue weighted by molar-refractivity contribution is 9.10. The fourth-order valence-corrected chi connectivity index (χ4v) is 2.67. The number of anilines is 3. The number of rotatable bonds is 4. The SMILES string of the molecule is CN(C)c1nc(N)nc(CSc2ccc(Br)cc2N)n1. The Morgan fingerprint density at radius 2 is 1.95 bits per heavy atom. The molecule has 20 heavy (non-hydrogen) atoms. The highest BCUT2D eigenvalue weighted by atomic mass is 79.9. The zero-order chi connectivity index (χ0) is 14.7. The number of hydrogen-bond donors (Lipinski definition) is 2. The lowest BCUT2D eigenvalue weighted by molar-refractivity contribution is 0.919. The Kier molecular flexibility index (Phi) is 4.66. The predicted octanol–water partition coefficient (Wildman–Crippen LogP) is 2.16. The Balaban J connectivity index is 2.14. The summed E-state index contributed by atoms with van der Waals surface area (Å²) in [6.07, 6.45) is 0. The van der Waals surface area contributed by atoms with Gasteiger partial charge in [0, 0.05) is 29.2 Å². The van der Waals surface area contributed by atoms with Crippen LogP contribution in [0.5, 0.6) is 0 Å². The van der Waals surface area contributed by atoms with E-state index in [0.717, 1.165) is 15.1 Å². The maximum absolute atomic E-state index is 5.96. The lowest BCUT2D eigenvalue weighted by Gasteiger charge is -2.11. The van der Waals surface area contributed by atoms with Crippen LogP contribution in [0.1, 0.15) is 5.82 Å². The quantitative estimate of drug-likeness (QED) is 0.641. The fourth-order valence-electron chi connectivity index (χ4n) is 1.48. The molecule has 8 heteroatoms. The van der Waals surface area contributed by atoms with Gasteiger partial charge < -0.3 is 16.4 Å². The lowest BCUT2D eigenvalue weighted by atomic mass is 10.3. The minimum atomic E-state index is 0.225. The fraction of sp³-hybridized carbons (Fsp3) is 0.250. The van der Waals surface area contributed by atoms with Gasteiger partial charge in [0.1, 0.15) is 5.82 Å². The van der Waals surface area contributed by atoms with E-state index >= 15 is 0 Å². The van der Waals surface area contributed by atoms with E-state index in [1.807, 2.05) is 32.3 Å². The zero-order valence-corrected chi connectivity index (χ0v) is 13.6. The Labute approximate surface area is 130 Å². The molecule has 2 aromatic rings. The van der Waals surface area contributed by atoms with Crippen LogP contribution < -0.4 is 16.4 Å². The van der Waals surface area contributed by atoms with Gasteiger partial charge in [0.25, 0.3) is 0 Å². The van der Waals surface area contributed by atoms with E-state index in [1.165, 1.54) is 0 Å². The third kappa shape index (κ3) is 3.73. The van der Waals surface area contributed by atoms with Crippen molar-refractivity contribution in [2.24, 2.45) is 0 Å². The Hall–Kier alpha value is -1.54. The first kappa shape index (κ1) is 14.9. The molecule has 1 heterocycles. The summed E-state index contributed by atoms with van der Waals surface area (Å²) in [5.41, 5.74) is 12.4. The van der Waals surface area contributed by atoms with Gasteiger partial charge in [-0.05, 0) is 18.2 Å². The highest BCUT2D eigenvalue weighted by Gasteiger charge is 2.08. The van der Waals surface area contributed by atoms with Gasteiger partial charge in [0.05, 0.1) is 5.75 Å². The number of thioether (sulfide) groups is 1. The maximum Gasteiger partial charge on any atom is 0.229 e. The molecule has 106 valence electrons. The van der Waals surface area contributed by atoms with Crippen LogP contribution in [0, 0.1) is 0 Å². The first-order chi connectivity index (χ1) is 9.45. The van der Waals surface area contributed by atoms with E-state index < -0.39 is 0 Å². The van der Waals surface area contributed by atoms with Crippen molar-refractivity contribution in [3.8, 4) is 0 Å². The first-order valence-electron chi connectivity index (χ1n) is 5.81. The van der Waals surface area contributed by atoms with Crippen LogP contribution >= 0.6 is 27.7 Å². The lowest BCUT2D eigenvalue weighted by Crippen LogP contribution is -2.15. The molecular formula is C12H15BrN6S. The molecule has 0 aliphatic heterocycles. The summed E-state index contributed by atoms with van der Waals surface area (Å²) in [6, 6.07) is 5.78. The van der Waals surface area contributed by atoms with Gasteiger partial charge in [-0.25, -0.2) is 0 Å². The molecule has 4 N–H and O–H groups in total. The number of nitrogens with zero attached hydrogens (tertiary/aromatic N) is 4. The Morgan fingerprint density at radius 1 is 1.20 bits per heavy atom. The molecule has 6 nitrogen and oxygen atoms in total. The average Bonchev–Trinajstić information content (AvgIpc) is 2.37. The Bertz CT molecular complexity index is 619. The molecule has 0 saturated carbocycles. The van der Waals surface area contributed by atoms with Crippen molar-refractivity contribution >= 4 is 45.3 Å². The van der Waals surface area contributed by atoms with Crippen molar-refractivity contribution in [3.63, 3.8) is 0 Å². The third-order valence-corrected chi connectivity index (χ3v) is 3.99. The molecule has 0 radical (unpaired) electrons. The number of nitrogen functional groups attached to an aromatic ring is 2. The summed E-state index contributed by atoms with van der Waals surface area (Å²) in [4.78, 5) is 15.3. The van der Waals surface area contributed by atoms with E-state index in [0.29, 0.717) is 17.5 Å². The van der Waals surface area contributed by atoms with Crippen LogP contribution in [0.15, 0.2) is 27.6 Å². The number of hydrogen-bond acceptors (Lipinski definition) is 7. The minimum absolute atomic E-state index is 0.225. The van der Waals surface area contributed by atoms with Gasteiger partial charge in [-0.2, -0.15) is 15.0 Å². The second kappa shape index (κ2) is 6.27. The molecule has 2 rings (SSSR count). The summed E-state index contributed by atoms with van der Waals surface area (Å²) in [6.45, 7) is 0. The summed E-state index contributed by atoms with van der Waals surface area (Å²) in [5, 5.41) is 0. The highest BCUT2D eigenvalue weighted by Crippen LogP contribution is 2.29. The third-order valence-electron chi connectivity index (χ3n) is 2.42. The van der Waals surface area contributed by atoms with Crippen LogP contribution in [0.25, 0.3) is 0 Å². The molecule has 0 amide bonds. The number of benzene rings is 1. The molecular weight excluding hydrogens is 340 g/mol. The molecule has 0 saturated heterocycles. The smallest absolute Gasteiger partial charge is 0.229 e. The van der Waals surface area contributed by atoms with E-state index in [4.69, 9.17) is 11.5 Å². The number of halogens is 1. The monoisotopic (exact) mass is 354 g/mol. The zero-order valence-electron chi connectivity index (χ0n) is 11.2. The summed E-state index contributed by atoms with van der Waals surface area (Å²) >= 11 is 4.95. The molecule has 1 aromatic carbocycles. The normalized spacial score (nSPS) is 10.6. The molecule has 1 aromatic heterocycles.